The van der Waals surface area contributed by atoms with Crippen LogP contribution in [0.1, 0.15) is 24.8 Å². The Hall–Kier alpha value is -2.61. The van der Waals surface area contributed by atoms with E-state index in [4.69, 9.17) is 9.47 Å². The number of methoxy groups -OCH3 is 2. The molecule has 136 valence electrons. The second kappa shape index (κ2) is 9.63. The lowest BCUT2D eigenvalue weighted by atomic mass is 10.1. The molecule has 0 aromatic heterocycles. The van der Waals surface area contributed by atoms with Crippen molar-refractivity contribution in [2.75, 3.05) is 33.9 Å². The third-order valence-electron chi connectivity index (χ3n) is 3.77. The van der Waals surface area contributed by atoms with Gasteiger partial charge in [-0.1, -0.05) is 6.42 Å². The minimum absolute atomic E-state index is 0.143. The molecular formula is C17H23N3O5. The molecule has 8 heteroatoms. The van der Waals surface area contributed by atoms with Crippen LogP contribution in [0, 0.1) is 0 Å². The lowest BCUT2D eigenvalue weighted by Gasteiger charge is -2.25. The predicted octanol–water partition coefficient (Wildman–Crippen LogP) is 1.78. The second-order valence-corrected chi connectivity index (χ2v) is 5.60. The first-order valence-corrected chi connectivity index (χ1v) is 8.10. The average molecular weight is 349 g/mol. The van der Waals surface area contributed by atoms with Crippen LogP contribution in [0.2, 0.25) is 0 Å². The third kappa shape index (κ3) is 6.07. The van der Waals surface area contributed by atoms with Crippen LogP contribution in [-0.2, 0) is 9.53 Å². The fourth-order valence-electron chi connectivity index (χ4n) is 2.52. The monoisotopic (exact) mass is 349 g/mol. The van der Waals surface area contributed by atoms with E-state index < -0.39 is 6.16 Å². The Morgan fingerprint density at radius 2 is 1.96 bits per heavy atom. The van der Waals surface area contributed by atoms with Crippen LogP contribution in [0.15, 0.2) is 23.3 Å². The smallest absolute Gasteiger partial charge is 0.493 e. The molecule has 0 unspecified atom stereocenters. The normalized spacial score (nSPS) is 15.0. The topological polar surface area (TPSA) is 89.5 Å². The molecule has 0 atom stereocenters. The fraction of sp³-hybridized carbons (Fsp3) is 0.471. The van der Waals surface area contributed by atoms with Crippen LogP contribution in [0.4, 0.5) is 4.79 Å². The number of hydrogen-bond acceptors (Lipinski definition) is 7. The Morgan fingerprint density at radius 1 is 1.20 bits per heavy atom. The molecule has 0 saturated carbocycles. The average Bonchev–Trinajstić information content (AvgIpc) is 2.63. The Kier molecular flexibility index (Phi) is 7.21. The molecule has 0 bridgehead atoms. The molecule has 1 aliphatic heterocycles. The molecule has 1 heterocycles. The van der Waals surface area contributed by atoms with Gasteiger partial charge in [-0.15, -0.1) is 0 Å². The van der Waals surface area contributed by atoms with E-state index >= 15 is 0 Å². The Morgan fingerprint density at radius 3 is 2.64 bits per heavy atom. The molecule has 0 aliphatic carbocycles. The van der Waals surface area contributed by atoms with Gasteiger partial charge in [0, 0.05) is 0 Å². The van der Waals surface area contributed by atoms with Crippen LogP contribution < -0.4 is 14.9 Å². The van der Waals surface area contributed by atoms with Gasteiger partial charge in [-0.25, -0.2) is 10.2 Å². The SMILES string of the molecule is COC(=O)Oc1ccc(/C=N\NC(=O)CN2CCCCC2)cc1OC. The summed E-state index contributed by atoms with van der Waals surface area (Å²) in [6, 6.07) is 4.88. The molecular weight excluding hydrogens is 326 g/mol. The number of hydrazone groups is 1. The fourth-order valence-corrected chi connectivity index (χ4v) is 2.52. The van der Waals surface area contributed by atoms with Gasteiger partial charge in [0.15, 0.2) is 11.5 Å². The van der Waals surface area contributed by atoms with E-state index in [2.05, 4.69) is 20.2 Å². The summed E-state index contributed by atoms with van der Waals surface area (Å²) in [7, 11) is 2.68. The van der Waals surface area contributed by atoms with Crippen molar-refractivity contribution in [2.24, 2.45) is 5.10 Å². The summed E-state index contributed by atoms with van der Waals surface area (Å²) in [5, 5.41) is 3.95. The number of nitrogens with one attached hydrogen (secondary N) is 1. The van der Waals surface area contributed by atoms with E-state index in [1.807, 2.05) is 0 Å². The van der Waals surface area contributed by atoms with E-state index in [0.717, 1.165) is 25.9 Å². The number of benzene rings is 1. The van der Waals surface area contributed by atoms with Gasteiger partial charge in [-0.05, 0) is 49.7 Å². The van der Waals surface area contributed by atoms with Gasteiger partial charge in [0.1, 0.15) is 0 Å². The summed E-state index contributed by atoms with van der Waals surface area (Å²) in [5.41, 5.74) is 3.20. The molecule has 1 aromatic carbocycles. The summed E-state index contributed by atoms with van der Waals surface area (Å²) in [5.74, 6) is 0.449. The maximum Gasteiger partial charge on any atom is 0.513 e. The van der Waals surface area contributed by atoms with E-state index in [1.54, 1.807) is 18.2 Å². The maximum atomic E-state index is 11.9. The zero-order valence-electron chi connectivity index (χ0n) is 14.5. The predicted molar refractivity (Wildman–Crippen MR) is 92.1 cm³/mol. The number of piperidine rings is 1. The Labute approximate surface area is 146 Å². The van der Waals surface area contributed by atoms with Crippen LogP contribution >= 0.6 is 0 Å². The zero-order chi connectivity index (χ0) is 18.1. The molecule has 2 rings (SSSR count). The number of rotatable bonds is 6. The second-order valence-electron chi connectivity index (χ2n) is 5.60. The highest BCUT2D eigenvalue weighted by atomic mass is 16.7. The van der Waals surface area contributed by atoms with Crippen molar-refractivity contribution in [3.8, 4) is 11.5 Å². The molecule has 25 heavy (non-hydrogen) atoms. The molecule has 1 aliphatic rings. The third-order valence-corrected chi connectivity index (χ3v) is 3.77. The van der Waals surface area contributed by atoms with Gasteiger partial charge in [0.2, 0.25) is 0 Å². The maximum absolute atomic E-state index is 11.9. The van der Waals surface area contributed by atoms with E-state index in [1.165, 1.54) is 26.9 Å². The summed E-state index contributed by atoms with van der Waals surface area (Å²) >= 11 is 0. The van der Waals surface area contributed by atoms with Gasteiger partial charge >= 0.3 is 6.16 Å². The first kappa shape index (κ1) is 18.7. The van der Waals surface area contributed by atoms with Crippen molar-refractivity contribution in [1.29, 1.82) is 0 Å². The van der Waals surface area contributed by atoms with Crippen molar-refractivity contribution in [1.82, 2.24) is 10.3 Å². The van der Waals surface area contributed by atoms with Gasteiger partial charge in [-0.2, -0.15) is 5.10 Å². The number of carbonyl (C=O) groups excluding carboxylic acids is 2. The number of hydrogen-bond donors (Lipinski definition) is 1. The van der Waals surface area contributed by atoms with E-state index in [0.29, 0.717) is 17.9 Å². The molecule has 1 amide bonds. The van der Waals surface area contributed by atoms with E-state index in [-0.39, 0.29) is 11.7 Å². The van der Waals surface area contributed by atoms with Gasteiger partial charge in [-0.3, -0.25) is 9.69 Å². The number of likely N-dealkylation sites (tertiary alicyclic amines) is 1. The first-order valence-electron chi connectivity index (χ1n) is 8.10. The highest BCUT2D eigenvalue weighted by Gasteiger charge is 2.13. The number of ether oxygens (including phenoxy) is 3. The highest BCUT2D eigenvalue weighted by molar-refractivity contribution is 5.84. The van der Waals surface area contributed by atoms with Crippen molar-refractivity contribution in [3.05, 3.63) is 23.8 Å². The van der Waals surface area contributed by atoms with Crippen LogP contribution in [0.3, 0.4) is 0 Å². The number of carbonyl (C=O) groups is 2. The first-order chi connectivity index (χ1) is 12.1. The van der Waals surface area contributed by atoms with Crippen molar-refractivity contribution < 1.29 is 23.8 Å². The van der Waals surface area contributed by atoms with E-state index in [9.17, 15) is 9.59 Å². The lowest BCUT2D eigenvalue weighted by molar-refractivity contribution is -0.122. The molecule has 1 saturated heterocycles. The van der Waals surface area contributed by atoms with Gasteiger partial charge in [0.05, 0.1) is 27.0 Å². The zero-order valence-corrected chi connectivity index (χ0v) is 14.5. The molecule has 1 N–H and O–H groups in total. The number of amides is 1. The molecule has 1 aromatic rings. The quantitative estimate of drug-likeness (QED) is 0.364. The van der Waals surface area contributed by atoms with Crippen LogP contribution in [0.5, 0.6) is 11.5 Å². The highest BCUT2D eigenvalue weighted by Crippen LogP contribution is 2.27. The summed E-state index contributed by atoms with van der Waals surface area (Å²) in [6.45, 7) is 2.26. The Bertz CT molecular complexity index is 627. The molecule has 1 fully saturated rings. The molecule has 8 nitrogen and oxygen atoms in total. The lowest BCUT2D eigenvalue weighted by Crippen LogP contribution is -2.38. The minimum atomic E-state index is -0.829. The molecule has 0 spiro atoms. The van der Waals surface area contributed by atoms with Crippen molar-refractivity contribution in [3.63, 3.8) is 0 Å². The van der Waals surface area contributed by atoms with Gasteiger partial charge < -0.3 is 14.2 Å². The van der Waals surface area contributed by atoms with Gasteiger partial charge in [0.25, 0.3) is 5.91 Å². The molecule has 0 radical (unpaired) electrons. The van der Waals surface area contributed by atoms with Crippen LogP contribution in [-0.4, -0.2) is 57.0 Å². The standard InChI is InChI=1S/C17H23N3O5/c1-23-15-10-13(6-7-14(15)25-17(22)24-2)11-18-19-16(21)12-20-8-4-3-5-9-20/h6-7,10-11H,3-5,8-9,12H2,1-2H3,(H,19,21)/b18-11-. The van der Waals surface area contributed by atoms with Crippen molar-refractivity contribution >= 4 is 18.3 Å². The minimum Gasteiger partial charge on any atom is -0.493 e. The summed E-state index contributed by atoms with van der Waals surface area (Å²) in [6.07, 6.45) is 4.17. The number of nitrogens with zero attached hydrogens (tertiary/aromatic N) is 2. The summed E-state index contributed by atoms with van der Waals surface area (Å²) in [4.78, 5) is 25.2. The summed E-state index contributed by atoms with van der Waals surface area (Å²) < 4.78 is 14.6. The van der Waals surface area contributed by atoms with Crippen molar-refractivity contribution in [2.45, 2.75) is 19.3 Å². The Balaban J connectivity index is 1.89. The van der Waals surface area contributed by atoms with Crippen LogP contribution in [0.25, 0.3) is 0 Å². The largest absolute Gasteiger partial charge is 0.513 e.